The molecule has 0 bridgehead atoms. The molecule has 0 unspecified atom stereocenters. The third kappa shape index (κ3) is 4.28. The Balaban J connectivity index is 1.71. The zero-order valence-corrected chi connectivity index (χ0v) is 11.9. The van der Waals surface area contributed by atoms with Gasteiger partial charge < -0.3 is 15.2 Å². The average Bonchev–Trinajstić information content (AvgIpc) is 2.98. The van der Waals surface area contributed by atoms with E-state index in [4.69, 9.17) is 4.74 Å². The van der Waals surface area contributed by atoms with Gasteiger partial charge >= 0.3 is 0 Å². The normalized spacial score (nSPS) is 23.7. The number of likely N-dealkylation sites (tertiary alicyclic amines) is 1. The molecule has 6 heteroatoms. The number of thiophene rings is 1. The minimum atomic E-state index is -0.495. The molecule has 0 saturated carbocycles. The standard InChI is InChI=1S/C13H20N2O3S/c1-2-18-12-8-15(7-11(12)16)9-13(17)14-6-10-4-3-5-19-10/h3-5,11-12,16H,2,6-9H2,1H3,(H,14,17)/t11-,12-/m1/s1. The first-order chi connectivity index (χ1) is 9.19. The van der Waals surface area contributed by atoms with Gasteiger partial charge in [0.2, 0.25) is 5.91 Å². The number of hydrogen-bond acceptors (Lipinski definition) is 5. The van der Waals surface area contributed by atoms with Gasteiger partial charge in [-0.15, -0.1) is 11.3 Å². The van der Waals surface area contributed by atoms with E-state index >= 15 is 0 Å². The van der Waals surface area contributed by atoms with Gasteiger partial charge in [0.1, 0.15) is 0 Å². The number of nitrogens with one attached hydrogen (secondary N) is 1. The lowest BCUT2D eigenvalue weighted by atomic mass is 10.3. The lowest BCUT2D eigenvalue weighted by Crippen LogP contribution is -2.36. The largest absolute Gasteiger partial charge is 0.389 e. The van der Waals surface area contributed by atoms with Crippen LogP contribution in [0.15, 0.2) is 17.5 Å². The maximum atomic E-state index is 11.8. The maximum Gasteiger partial charge on any atom is 0.234 e. The smallest absolute Gasteiger partial charge is 0.234 e. The van der Waals surface area contributed by atoms with E-state index < -0.39 is 6.10 Å². The molecular weight excluding hydrogens is 264 g/mol. The summed E-state index contributed by atoms with van der Waals surface area (Å²) in [7, 11) is 0. The Morgan fingerprint density at radius 3 is 3.16 bits per heavy atom. The number of carbonyl (C=O) groups is 1. The number of aliphatic hydroxyl groups is 1. The highest BCUT2D eigenvalue weighted by atomic mass is 32.1. The molecule has 0 aliphatic carbocycles. The van der Waals surface area contributed by atoms with Crippen LogP contribution in [0.4, 0.5) is 0 Å². The summed E-state index contributed by atoms with van der Waals surface area (Å²) in [6, 6.07) is 3.96. The summed E-state index contributed by atoms with van der Waals surface area (Å²) in [5.74, 6) is -0.0160. The summed E-state index contributed by atoms with van der Waals surface area (Å²) in [5.41, 5.74) is 0. The third-order valence-corrected chi connectivity index (χ3v) is 3.98. The summed E-state index contributed by atoms with van der Waals surface area (Å²) in [6.45, 7) is 4.48. The van der Waals surface area contributed by atoms with Gasteiger partial charge in [0, 0.05) is 24.6 Å². The highest BCUT2D eigenvalue weighted by Gasteiger charge is 2.32. The number of β-amino-alcohol motifs (C(OH)–C–C–N with tert-alkyl or cyclic N) is 1. The molecule has 2 atom stereocenters. The van der Waals surface area contributed by atoms with Gasteiger partial charge in [-0.25, -0.2) is 0 Å². The summed E-state index contributed by atoms with van der Waals surface area (Å²) < 4.78 is 5.42. The Hall–Kier alpha value is -0.950. The van der Waals surface area contributed by atoms with Gasteiger partial charge in [0.15, 0.2) is 0 Å². The van der Waals surface area contributed by atoms with Crippen molar-refractivity contribution in [3.63, 3.8) is 0 Å². The number of ether oxygens (including phenoxy) is 1. The molecule has 5 nitrogen and oxygen atoms in total. The van der Waals surface area contributed by atoms with Crippen LogP contribution in [0, 0.1) is 0 Å². The Morgan fingerprint density at radius 2 is 2.47 bits per heavy atom. The number of carbonyl (C=O) groups excluding carboxylic acids is 1. The first-order valence-corrected chi connectivity index (χ1v) is 7.38. The molecular formula is C13H20N2O3S. The van der Waals surface area contributed by atoms with Crippen molar-refractivity contribution < 1.29 is 14.6 Å². The molecule has 1 aromatic heterocycles. The fourth-order valence-electron chi connectivity index (χ4n) is 2.20. The number of hydrogen-bond donors (Lipinski definition) is 2. The third-order valence-electron chi connectivity index (χ3n) is 3.10. The molecule has 1 amide bonds. The van der Waals surface area contributed by atoms with Crippen molar-refractivity contribution in [2.75, 3.05) is 26.2 Å². The van der Waals surface area contributed by atoms with Crippen molar-refractivity contribution in [3.05, 3.63) is 22.4 Å². The van der Waals surface area contributed by atoms with E-state index in [-0.39, 0.29) is 12.0 Å². The van der Waals surface area contributed by atoms with Crippen molar-refractivity contribution in [1.82, 2.24) is 10.2 Å². The topological polar surface area (TPSA) is 61.8 Å². The second-order valence-corrected chi connectivity index (χ2v) is 5.64. The summed E-state index contributed by atoms with van der Waals surface area (Å²) in [6.07, 6.45) is -0.667. The SMILES string of the molecule is CCO[C@@H]1CN(CC(=O)NCc2cccs2)C[C@H]1O. The van der Waals surface area contributed by atoms with Crippen LogP contribution in [0.5, 0.6) is 0 Å². The molecule has 0 spiro atoms. The van der Waals surface area contributed by atoms with E-state index in [0.29, 0.717) is 32.8 Å². The zero-order valence-electron chi connectivity index (χ0n) is 11.0. The minimum Gasteiger partial charge on any atom is -0.389 e. The van der Waals surface area contributed by atoms with Crippen LogP contribution in [0.1, 0.15) is 11.8 Å². The van der Waals surface area contributed by atoms with Crippen LogP contribution < -0.4 is 5.32 Å². The lowest BCUT2D eigenvalue weighted by Gasteiger charge is -2.15. The van der Waals surface area contributed by atoms with E-state index in [2.05, 4.69) is 5.32 Å². The van der Waals surface area contributed by atoms with Crippen LogP contribution in [-0.4, -0.2) is 54.4 Å². The zero-order chi connectivity index (χ0) is 13.7. The Bertz CT molecular complexity index is 397. The molecule has 1 aliphatic rings. The Kier molecular flexibility index (Phi) is 5.33. The Morgan fingerprint density at radius 1 is 1.63 bits per heavy atom. The van der Waals surface area contributed by atoms with Crippen molar-refractivity contribution in [2.45, 2.75) is 25.7 Å². The second-order valence-electron chi connectivity index (χ2n) is 4.61. The van der Waals surface area contributed by atoms with Crippen LogP contribution in [0.2, 0.25) is 0 Å². The predicted molar refractivity (Wildman–Crippen MR) is 74.0 cm³/mol. The van der Waals surface area contributed by atoms with Gasteiger partial charge in [0.25, 0.3) is 0 Å². The fourth-order valence-corrected chi connectivity index (χ4v) is 2.84. The molecule has 2 N–H and O–H groups in total. The number of rotatable bonds is 6. The van der Waals surface area contributed by atoms with Crippen LogP contribution in [0.3, 0.4) is 0 Å². The van der Waals surface area contributed by atoms with Gasteiger partial charge in [0.05, 0.1) is 25.3 Å². The quantitative estimate of drug-likeness (QED) is 0.796. The van der Waals surface area contributed by atoms with Gasteiger partial charge in [-0.3, -0.25) is 9.69 Å². The highest BCUT2D eigenvalue weighted by Crippen LogP contribution is 2.13. The minimum absolute atomic E-state index is 0.0160. The molecule has 2 heterocycles. The van der Waals surface area contributed by atoms with Crippen molar-refractivity contribution in [3.8, 4) is 0 Å². The van der Waals surface area contributed by atoms with Gasteiger partial charge in [-0.05, 0) is 18.4 Å². The monoisotopic (exact) mass is 284 g/mol. The maximum absolute atomic E-state index is 11.8. The molecule has 0 aromatic carbocycles. The number of aliphatic hydroxyl groups excluding tert-OH is 1. The number of amides is 1. The summed E-state index contributed by atoms with van der Waals surface area (Å²) >= 11 is 1.63. The molecule has 1 aliphatic heterocycles. The molecule has 1 fully saturated rings. The molecule has 1 aromatic rings. The molecule has 1 saturated heterocycles. The fraction of sp³-hybridized carbons (Fsp3) is 0.615. The van der Waals surface area contributed by atoms with Crippen LogP contribution in [0.25, 0.3) is 0 Å². The Labute approximate surface area is 117 Å². The van der Waals surface area contributed by atoms with E-state index in [1.165, 1.54) is 0 Å². The van der Waals surface area contributed by atoms with Gasteiger partial charge in [-0.2, -0.15) is 0 Å². The lowest BCUT2D eigenvalue weighted by molar-refractivity contribution is -0.122. The summed E-state index contributed by atoms with van der Waals surface area (Å²) in [4.78, 5) is 14.9. The van der Waals surface area contributed by atoms with Crippen LogP contribution in [-0.2, 0) is 16.1 Å². The second kappa shape index (κ2) is 7.00. The molecule has 0 radical (unpaired) electrons. The highest BCUT2D eigenvalue weighted by molar-refractivity contribution is 7.09. The van der Waals surface area contributed by atoms with E-state index in [1.807, 2.05) is 29.3 Å². The van der Waals surface area contributed by atoms with Crippen molar-refractivity contribution >= 4 is 17.2 Å². The van der Waals surface area contributed by atoms with E-state index in [9.17, 15) is 9.90 Å². The van der Waals surface area contributed by atoms with Crippen molar-refractivity contribution in [1.29, 1.82) is 0 Å². The van der Waals surface area contributed by atoms with E-state index in [1.54, 1.807) is 11.3 Å². The molecule has 106 valence electrons. The van der Waals surface area contributed by atoms with Crippen LogP contribution >= 0.6 is 11.3 Å². The van der Waals surface area contributed by atoms with Gasteiger partial charge in [-0.1, -0.05) is 6.07 Å². The first-order valence-electron chi connectivity index (χ1n) is 6.50. The number of nitrogens with zero attached hydrogens (tertiary/aromatic N) is 1. The van der Waals surface area contributed by atoms with E-state index in [0.717, 1.165) is 4.88 Å². The van der Waals surface area contributed by atoms with Crippen molar-refractivity contribution in [2.24, 2.45) is 0 Å². The average molecular weight is 284 g/mol. The summed E-state index contributed by atoms with van der Waals surface area (Å²) in [5, 5.41) is 14.7. The predicted octanol–water partition coefficient (Wildman–Crippen LogP) is 0.446. The first kappa shape index (κ1) is 14.5. The molecule has 19 heavy (non-hydrogen) atoms. The molecule has 2 rings (SSSR count).